The van der Waals surface area contributed by atoms with E-state index in [4.69, 9.17) is 0 Å². The Morgan fingerprint density at radius 3 is 2.48 bits per heavy atom. The van der Waals surface area contributed by atoms with E-state index >= 15 is 0 Å². The minimum absolute atomic E-state index is 0.00497. The molecule has 21 heavy (non-hydrogen) atoms. The number of aromatic hydroxyl groups is 1. The standard InChI is InChI=1S/C12H9BrN2O5S/c13-8-2-1-3-10(6-8)21(19,20)14-11-5-4-9(15(17)18)7-12(11)16/h1-7,14,16H. The van der Waals surface area contributed by atoms with E-state index in [9.17, 15) is 23.6 Å². The minimum atomic E-state index is -3.90. The number of benzene rings is 2. The molecule has 110 valence electrons. The van der Waals surface area contributed by atoms with E-state index in [1.165, 1.54) is 12.1 Å². The van der Waals surface area contributed by atoms with E-state index in [1.807, 2.05) is 0 Å². The third-order valence-electron chi connectivity index (χ3n) is 2.54. The summed E-state index contributed by atoms with van der Waals surface area (Å²) in [5.74, 6) is -0.525. The van der Waals surface area contributed by atoms with Crippen LogP contribution in [-0.2, 0) is 10.0 Å². The number of halogens is 1. The summed E-state index contributed by atoms with van der Waals surface area (Å²) in [5.41, 5.74) is -0.474. The highest BCUT2D eigenvalue weighted by Gasteiger charge is 2.18. The van der Waals surface area contributed by atoms with Crippen molar-refractivity contribution in [2.24, 2.45) is 0 Å². The largest absolute Gasteiger partial charge is 0.505 e. The molecule has 0 spiro atoms. The highest BCUT2D eigenvalue weighted by atomic mass is 79.9. The fraction of sp³-hybridized carbons (Fsp3) is 0. The summed E-state index contributed by atoms with van der Waals surface area (Å²) in [4.78, 5) is 9.87. The summed E-state index contributed by atoms with van der Waals surface area (Å²) in [6.45, 7) is 0. The molecule has 0 heterocycles. The number of nitro groups is 1. The van der Waals surface area contributed by atoms with Gasteiger partial charge in [-0.05, 0) is 24.3 Å². The molecule has 2 N–H and O–H groups in total. The van der Waals surface area contributed by atoms with Gasteiger partial charge in [0.1, 0.15) is 5.75 Å². The van der Waals surface area contributed by atoms with Crippen molar-refractivity contribution >= 4 is 37.3 Å². The van der Waals surface area contributed by atoms with Crippen molar-refractivity contribution in [3.8, 4) is 5.75 Å². The lowest BCUT2D eigenvalue weighted by Gasteiger charge is -2.09. The van der Waals surface area contributed by atoms with E-state index < -0.39 is 20.7 Å². The number of phenols is 1. The van der Waals surface area contributed by atoms with E-state index in [-0.39, 0.29) is 16.3 Å². The lowest BCUT2D eigenvalue weighted by molar-refractivity contribution is -0.384. The van der Waals surface area contributed by atoms with Gasteiger partial charge in [-0.25, -0.2) is 8.42 Å². The number of phenolic OH excluding ortho intramolecular Hbond substituents is 1. The lowest BCUT2D eigenvalue weighted by atomic mass is 10.2. The van der Waals surface area contributed by atoms with Gasteiger partial charge in [-0.1, -0.05) is 22.0 Å². The zero-order chi connectivity index (χ0) is 15.6. The predicted molar refractivity (Wildman–Crippen MR) is 79.7 cm³/mol. The highest BCUT2D eigenvalue weighted by molar-refractivity contribution is 9.10. The zero-order valence-corrected chi connectivity index (χ0v) is 12.8. The Balaban J connectivity index is 2.35. The molecule has 2 aromatic rings. The maximum atomic E-state index is 12.1. The van der Waals surface area contributed by atoms with E-state index in [0.717, 1.165) is 18.2 Å². The average molecular weight is 373 g/mol. The number of hydrogen-bond donors (Lipinski definition) is 2. The summed E-state index contributed by atoms with van der Waals surface area (Å²) in [5, 5.41) is 20.2. The Morgan fingerprint density at radius 1 is 1.19 bits per heavy atom. The van der Waals surface area contributed by atoms with Crippen molar-refractivity contribution in [2.75, 3.05) is 4.72 Å². The maximum Gasteiger partial charge on any atom is 0.273 e. The maximum absolute atomic E-state index is 12.1. The van der Waals surface area contributed by atoms with Crippen LogP contribution >= 0.6 is 15.9 Å². The molecule has 2 rings (SSSR count). The van der Waals surface area contributed by atoms with Crippen molar-refractivity contribution < 1.29 is 18.4 Å². The summed E-state index contributed by atoms with van der Waals surface area (Å²) in [6.07, 6.45) is 0. The number of hydrogen-bond acceptors (Lipinski definition) is 5. The van der Waals surface area contributed by atoms with Gasteiger partial charge < -0.3 is 5.11 Å². The predicted octanol–water partition coefficient (Wildman–Crippen LogP) is 2.86. The van der Waals surface area contributed by atoms with Crippen LogP contribution in [0.25, 0.3) is 0 Å². The van der Waals surface area contributed by atoms with Crippen LogP contribution in [0.5, 0.6) is 5.75 Å². The first kappa shape index (κ1) is 15.3. The summed E-state index contributed by atoms with van der Waals surface area (Å²) in [7, 11) is -3.90. The molecular formula is C12H9BrN2O5S. The zero-order valence-electron chi connectivity index (χ0n) is 10.4. The molecule has 0 bridgehead atoms. The second kappa shape index (κ2) is 5.70. The van der Waals surface area contributed by atoms with E-state index in [0.29, 0.717) is 4.47 Å². The third kappa shape index (κ3) is 3.50. The van der Waals surface area contributed by atoms with Crippen LogP contribution < -0.4 is 4.72 Å². The van der Waals surface area contributed by atoms with Crippen LogP contribution in [0.1, 0.15) is 0 Å². The minimum Gasteiger partial charge on any atom is -0.505 e. The monoisotopic (exact) mass is 372 g/mol. The van der Waals surface area contributed by atoms with Crippen LogP contribution in [-0.4, -0.2) is 18.4 Å². The first-order chi connectivity index (χ1) is 9.79. The summed E-state index contributed by atoms with van der Waals surface area (Å²) in [6, 6.07) is 9.09. The third-order valence-corrected chi connectivity index (χ3v) is 4.40. The molecule has 7 nitrogen and oxygen atoms in total. The number of rotatable bonds is 4. The fourth-order valence-electron chi connectivity index (χ4n) is 1.56. The van der Waals surface area contributed by atoms with Gasteiger partial charge in [0.25, 0.3) is 15.7 Å². The second-order valence-corrected chi connectivity index (χ2v) is 6.62. The van der Waals surface area contributed by atoms with Gasteiger partial charge >= 0.3 is 0 Å². The smallest absolute Gasteiger partial charge is 0.273 e. The number of non-ortho nitro benzene ring substituents is 1. The molecule has 0 saturated carbocycles. The topological polar surface area (TPSA) is 110 Å². The van der Waals surface area contributed by atoms with Gasteiger partial charge in [-0.15, -0.1) is 0 Å². The molecule has 0 aliphatic rings. The van der Waals surface area contributed by atoms with Crippen LogP contribution in [0, 0.1) is 10.1 Å². The van der Waals surface area contributed by atoms with E-state index in [2.05, 4.69) is 20.7 Å². The SMILES string of the molecule is O=[N+]([O-])c1ccc(NS(=O)(=O)c2cccc(Br)c2)c(O)c1. The van der Waals surface area contributed by atoms with E-state index in [1.54, 1.807) is 12.1 Å². The molecule has 0 fully saturated rings. The van der Waals surface area contributed by atoms with Gasteiger partial charge in [0, 0.05) is 10.5 Å². The quantitative estimate of drug-likeness (QED) is 0.487. The van der Waals surface area contributed by atoms with Gasteiger partial charge in [0.2, 0.25) is 0 Å². The molecule has 0 atom stereocenters. The van der Waals surface area contributed by atoms with Crippen molar-refractivity contribution in [1.29, 1.82) is 0 Å². The van der Waals surface area contributed by atoms with Crippen molar-refractivity contribution in [3.63, 3.8) is 0 Å². The molecule has 0 unspecified atom stereocenters. The molecule has 0 radical (unpaired) electrons. The first-order valence-corrected chi connectivity index (χ1v) is 7.83. The summed E-state index contributed by atoms with van der Waals surface area (Å²) < 4.78 is 27.1. The molecule has 2 aromatic carbocycles. The Labute approximate surface area is 128 Å². The number of anilines is 1. The van der Waals surface area contributed by atoms with Crippen molar-refractivity contribution in [1.82, 2.24) is 0 Å². The highest BCUT2D eigenvalue weighted by Crippen LogP contribution is 2.30. The van der Waals surface area contributed by atoms with Crippen molar-refractivity contribution in [2.45, 2.75) is 4.90 Å². The lowest BCUT2D eigenvalue weighted by Crippen LogP contribution is -2.13. The van der Waals surface area contributed by atoms with Crippen LogP contribution in [0.15, 0.2) is 51.8 Å². The summed E-state index contributed by atoms with van der Waals surface area (Å²) >= 11 is 3.16. The molecule has 0 amide bonds. The van der Waals surface area contributed by atoms with Gasteiger partial charge in [-0.3, -0.25) is 14.8 Å². The number of sulfonamides is 1. The Kier molecular flexibility index (Phi) is 4.14. The van der Waals surface area contributed by atoms with Gasteiger partial charge in [0.05, 0.1) is 21.6 Å². The Hall–Kier alpha value is -2.13. The number of nitrogens with one attached hydrogen (secondary N) is 1. The van der Waals surface area contributed by atoms with Crippen LogP contribution in [0.4, 0.5) is 11.4 Å². The molecule has 9 heteroatoms. The van der Waals surface area contributed by atoms with Crippen LogP contribution in [0.3, 0.4) is 0 Å². The second-order valence-electron chi connectivity index (χ2n) is 4.02. The molecule has 0 aromatic heterocycles. The number of nitro benzene ring substituents is 1. The van der Waals surface area contributed by atoms with Crippen molar-refractivity contribution in [3.05, 3.63) is 57.1 Å². The van der Waals surface area contributed by atoms with Gasteiger partial charge in [-0.2, -0.15) is 0 Å². The number of nitrogens with zero attached hydrogens (tertiary/aromatic N) is 1. The molecule has 0 aliphatic heterocycles. The fourth-order valence-corrected chi connectivity index (χ4v) is 3.23. The first-order valence-electron chi connectivity index (χ1n) is 5.55. The Bertz CT molecular complexity index is 807. The molecule has 0 saturated heterocycles. The normalized spacial score (nSPS) is 11.1. The molecule has 0 aliphatic carbocycles. The van der Waals surface area contributed by atoms with Crippen LogP contribution in [0.2, 0.25) is 0 Å². The Morgan fingerprint density at radius 2 is 1.90 bits per heavy atom. The van der Waals surface area contributed by atoms with Gasteiger partial charge in [0.15, 0.2) is 0 Å². The molecular weight excluding hydrogens is 364 g/mol. The average Bonchev–Trinajstić information content (AvgIpc) is 2.40.